The Bertz CT molecular complexity index is 995. The molecule has 0 radical (unpaired) electrons. The summed E-state index contributed by atoms with van der Waals surface area (Å²) in [5.41, 5.74) is 5.01. The normalized spacial score (nSPS) is 18.2. The molecule has 0 atom stereocenters. The van der Waals surface area contributed by atoms with Crippen LogP contribution in [0.15, 0.2) is 36.4 Å². The zero-order chi connectivity index (χ0) is 22.5. The van der Waals surface area contributed by atoms with Gasteiger partial charge in [0.2, 0.25) is 0 Å². The van der Waals surface area contributed by atoms with Gasteiger partial charge in [-0.3, -0.25) is 4.79 Å². The Morgan fingerprint density at radius 3 is 1.97 bits per heavy atom. The van der Waals surface area contributed by atoms with Gasteiger partial charge in [-0.05, 0) is 74.5 Å². The molecule has 2 aromatic carbocycles. The predicted octanol–water partition coefficient (Wildman–Crippen LogP) is 2.69. The number of nitrogens with two attached hydrogens (primary N) is 1. The Hall–Kier alpha value is -3.59. The Kier molecular flexibility index (Phi) is 6.76. The topological polar surface area (TPSA) is 156 Å². The van der Waals surface area contributed by atoms with Gasteiger partial charge in [-0.1, -0.05) is 0 Å². The van der Waals surface area contributed by atoms with Crippen molar-refractivity contribution in [3.05, 3.63) is 47.5 Å². The Morgan fingerprint density at radius 1 is 0.871 bits per heavy atom. The molecule has 31 heavy (non-hydrogen) atoms. The molecule has 0 saturated heterocycles. The lowest BCUT2D eigenvalue weighted by Crippen LogP contribution is -2.28. The molecule has 5 N–H and O–H groups in total. The second kappa shape index (κ2) is 9.48. The third kappa shape index (κ3) is 5.32. The van der Waals surface area contributed by atoms with E-state index in [9.17, 15) is 29.7 Å². The highest BCUT2D eigenvalue weighted by molar-refractivity contribution is 5.98. The zero-order valence-corrected chi connectivity index (χ0v) is 16.6. The lowest BCUT2D eigenvalue weighted by atomic mass is 9.82. The quantitative estimate of drug-likeness (QED) is 0.400. The lowest BCUT2D eigenvalue weighted by molar-refractivity contribution is -0.140. The van der Waals surface area contributed by atoms with E-state index < -0.39 is 23.5 Å². The average Bonchev–Trinajstić information content (AvgIpc) is 2.76. The van der Waals surface area contributed by atoms with Crippen molar-refractivity contribution in [1.29, 1.82) is 0 Å². The summed E-state index contributed by atoms with van der Waals surface area (Å²) in [4.78, 5) is 36.6. The molecule has 164 valence electrons. The number of carboxylic acid groups (broad SMARTS) is 1. The van der Waals surface area contributed by atoms with Crippen molar-refractivity contribution in [1.82, 2.24) is 0 Å². The molecule has 0 aromatic heterocycles. The van der Waals surface area contributed by atoms with Gasteiger partial charge < -0.3 is 30.5 Å². The number of hydrogen-bond acceptors (Lipinski definition) is 8. The van der Waals surface area contributed by atoms with Gasteiger partial charge >= 0.3 is 17.9 Å². The van der Waals surface area contributed by atoms with Crippen LogP contribution in [0.2, 0.25) is 0 Å². The fourth-order valence-electron chi connectivity index (χ4n) is 3.52. The number of carbonyl (C=O) groups excluding carboxylic acids is 2. The van der Waals surface area contributed by atoms with Crippen LogP contribution in [0.4, 0.5) is 0 Å². The molecule has 0 amide bonds. The summed E-state index contributed by atoms with van der Waals surface area (Å²) in [5.74, 6) is -3.86. The van der Waals surface area contributed by atoms with Gasteiger partial charge in [-0.25, -0.2) is 9.59 Å². The number of ether oxygens (including phenoxy) is 2. The number of benzene rings is 2. The van der Waals surface area contributed by atoms with Crippen molar-refractivity contribution >= 4 is 17.9 Å². The highest BCUT2D eigenvalue weighted by Crippen LogP contribution is 2.32. The number of rotatable bonds is 6. The summed E-state index contributed by atoms with van der Waals surface area (Å²) in [5, 5.41) is 28.5. The first kappa shape index (κ1) is 22.1. The molecular weight excluding hydrogens is 406 g/mol. The van der Waals surface area contributed by atoms with Crippen LogP contribution >= 0.6 is 0 Å². The van der Waals surface area contributed by atoms with Gasteiger partial charge in [0.1, 0.15) is 34.1 Å². The van der Waals surface area contributed by atoms with Crippen LogP contribution in [-0.2, 0) is 4.79 Å². The van der Waals surface area contributed by atoms with E-state index in [-0.39, 0.29) is 34.5 Å². The van der Waals surface area contributed by atoms with Crippen molar-refractivity contribution in [2.24, 2.45) is 17.6 Å². The summed E-state index contributed by atoms with van der Waals surface area (Å²) >= 11 is 0. The maximum atomic E-state index is 12.7. The second-order valence-corrected chi connectivity index (χ2v) is 7.43. The van der Waals surface area contributed by atoms with Crippen molar-refractivity contribution in [2.75, 3.05) is 6.54 Å². The van der Waals surface area contributed by atoms with Crippen LogP contribution in [0.3, 0.4) is 0 Å². The van der Waals surface area contributed by atoms with E-state index in [1.165, 1.54) is 12.1 Å². The minimum absolute atomic E-state index is 0.107. The van der Waals surface area contributed by atoms with E-state index in [0.29, 0.717) is 25.3 Å². The summed E-state index contributed by atoms with van der Waals surface area (Å²) in [6.07, 6.45) is 2.90. The molecule has 1 aliphatic carbocycles. The fraction of sp³-hybridized carbons (Fsp3) is 0.318. The monoisotopic (exact) mass is 429 g/mol. The molecule has 0 heterocycles. The van der Waals surface area contributed by atoms with Crippen LogP contribution in [0, 0.1) is 11.8 Å². The smallest absolute Gasteiger partial charge is 0.347 e. The first-order chi connectivity index (χ1) is 14.8. The molecule has 1 fully saturated rings. The van der Waals surface area contributed by atoms with Gasteiger partial charge in [0.05, 0.1) is 5.92 Å². The molecule has 1 saturated carbocycles. The average molecular weight is 429 g/mol. The van der Waals surface area contributed by atoms with Crippen LogP contribution in [-0.4, -0.2) is 39.8 Å². The van der Waals surface area contributed by atoms with Gasteiger partial charge in [-0.15, -0.1) is 0 Å². The second-order valence-electron chi connectivity index (χ2n) is 7.43. The van der Waals surface area contributed by atoms with Gasteiger partial charge in [0, 0.05) is 0 Å². The summed E-state index contributed by atoms with van der Waals surface area (Å²) in [7, 11) is 0. The van der Waals surface area contributed by atoms with E-state index in [4.69, 9.17) is 15.2 Å². The number of esters is 2. The van der Waals surface area contributed by atoms with Crippen molar-refractivity contribution in [3.63, 3.8) is 0 Å². The number of carboxylic acids is 1. The van der Waals surface area contributed by atoms with E-state index in [2.05, 4.69) is 0 Å². The van der Waals surface area contributed by atoms with Crippen molar-refractivity contribution in [2.45, 2.75) is 25.7 Å². The Morgan fingerprint density at radius 2 is 1.42 bits per heavy atom. The Labute approximate surface area is 178 Å². The highest BCUT2D eigenvalue weighted by Gasteiger charge is 2.29. The van der Waals surface area contributed by atoms with E-state index in [1.807, 2.05) is 0 Å². The fourth-order valence-corrected chi connectivity index (χ4v) is 3.52. The van der Waals surface area contributed by atoms with Crippen LogP contribution in [0.5, 0.6) is 23.0 Å². The first-order valence-electron chi connectivity index (χ1n) is 9.81. The largest absolute Gasteiger partial charge is 0.508 e. The molecule has 0 spiro atoms. The standard InChI is InChI=1S/C22H23NO8/c23-11-12-1-3-13(4-2-12)21(28)30-19-8-6-15(25)10-17(19)22(29)31-18-7-5-14(24)9-16(18)20(26)27/h5-10,12-13,24-25H,1-4,11,23H2,(H,26,27). The number of carbonyl (C=O) groups is 3. The maximum Gasteiger partial charge on any atom is 0.347 e. The minimum Gasteiger partial charge on any atom is -0.508 e. The number of aromatic hydroxyl groups is 2. The molecule has 0 unspecified atom stereocenters. The third-order valence-corrected chi connectivity index (χ3v) is 5.30. The molecular formula is C22H23NO8. The minimum atomic E-state index is -1.41. The number of aromatic carboxylic acids is 1. The number of hydrogen-bond donors (Lipinski definition) is 4. The summed E-state index contributed by atoms with van der Waals surface area (Å²) in [6, 6.07) is 6.82. The lowest BCUT2D eigenvalue weighted by Gasteiger charge is -2.26. The van der Waals surface area contributed by atoms with Gasteiger partial charge in [0.25, 0.3) is 0 Å². The number of phenols is 2. The van der Waals surface area contributed by atoms with E-state index in [0.717, 1.165) is 37.1 Å². The summed E-state index contributed by atoms with van der Waals surface area (Å²) in [6.45, 7) is 0.575. The first-order valence-corrected chi connectivity index (χ1v) is 9.81. The van der Waals surface area contributed by atoms with E-state index in [1.54, 1.807) is 0 Å². The third-order valence-electron chi connectivity index (χ3n) is 5.30. The van der Waals surface area contributed by atoms with Gasteiger partial charge in [-0.2, -0.15) is 0 Å². The molecule has 0 bridgehead atoms. The molecule has 9 nitrogen and oxygen atoms in total. The summed E-state index contributed by atoms with van der Waals surface area (Å²) < 4.78 is 10.6. The Balaban J connectivity index is 1.79. The van der Waals surface area contributed by atoms with Crippen LogP contribution in [0.1, 0.15) is 46.4 Å². The SMILES string of the molecule is NCC1CCC(C(=O)Oc2ccc(O)cc2C(=O)Oc2ccc(O)cc2C(=O)O)CC1. The highest BCUT2D eigenvalue weighted by atomic mass is 16.6. The van der Waals surface area contributed by atoms with Crippen LogP contribution < -0.4 is 15.2 Å². The maximum absolute atomic E-state index is 12.7. The molecule has 3 rings (SSSR count). The van der Waals surface area contributed by atoms with Gasteiger partial charge in [0.15, 0.2) is 0 Å². The van der Waals surface area contributed by atoms with Crippen molar-refractivity contribution in [3.8, 4) is 23.0 Å². The molecule has 0 aliphatic heterocycles. The molecule has 2 aromatic rings. The molecule has 9 heteroatoms. The van der Waals surface area contributed by atoms with Crippen molar-refractivity contribution < 1.29 is 39.2 Å². The van der Waals surface area contributed by atoms with Crippen LogP contribution in [0.25, 0.3) is 0 Å². The predicted molar refractivity (Wildman–Crippen MR) is 108 cm³/mol. The zero-order valence-electron chi connectivity index (χ0n) is 16.6. The number of phenolic OH excluding ortho intramolecular Hbond substituents is 2. The van der Waals surface area contributed by atoms with E-state index >= 15 is 0 Å². The molecule has 1 aliphatic rings.